The number of benzene rings is 5. The van der Waals surface area contributed by atoms with Gasteiger partial charge in [-0.15, -0.1) is 0 Å². The predicted molar refractivity (Wildman–Crippen MR) is 159 cm³/mol. The normalized spacial score (nSPS) is 10.6. The average molecular weight is 541 g/mol. The molecular formula is C32H26Cl2N2O2. The minimum atomic E-state index is 0.687. The van der Waals surface area contributed by atoms with Crippen LogP contribution in [0.1, 0.15) is 0 Å². The number of rotatable bonds is 8. The SMILES string of the molecule is COc1cccc(N(c2ccc(Cl)cc2)c2ccc(N(c3ccc(Cl)cc3)c3cccc(OC)c3)cc2)c1. The minimum Gasteiger partial charge on any atom is -0.497 e. The zero-order valence-electron chi connectivity index (χ0n) is 21.0. The minimum absolute atomic E-state index is 0.687. The summed E-state index contributed by atoms with van der Waals surface area (Å²) in [6.07, 6.45) is 0. The molecule has 0 saturated carbocycles. The third-order valence-electron chi connectivity index (χ3n) is 6.16. The van der Waals surface area contributed by atoms with Crippen molar-refractivity contribution in [3.8, 4) is 11.5 Å². The number of anilines is 6. The first-order valence-electron chi connectivity index (χ1n) is 12.1. The van der Waals surface area contributed by atoms with Crippen LogP contribution in [-0.4, -0.2) is 14.2 Å². The number of hydrogen-bond donors (Lipinski definition) is 0. The Kier molecular flexibility index (Phi) is 7.73. The van der Waals surface area contributed by atoms with Gasteiger partial charge in [0, 0.05) is 56.3 Å². The first-order chi connectivity index (χ1) is 18.6. The Hall–Kier alpha value is -4.12. The molecule has 0 heterocycles. The van der Waals surface area contributed by atoms with Crippen molar-refractivity contribution in [2.75, 3.05) is 24.0 Å². The first kappa shape index (κ1) is 25.5. The molecule has 5 aromatic rings. The maximum Gasteiger partial charge on any atom is 0.120 e. The Bertz CT molecular complexity index is 1390. The van der Waals surface area contributed by atoms with Crippen LogP contribution in [0.3, 0.4) is 0 Å². The van der Waals surface area contributed by atoms with E-state index in [0.717, 1.165) is 45.6 Å². The topological polar surface area (TPSA) is 24.9 Å². The summed E-state index contributed by atoms with van der Waals surface area (Å²) in [5, 5.41) is 1.37. The summed E-state index contributed by atoms with van der Waals surface area (Å²) in [5.41, 5.74) is 5.90. The molecule has 38 heavy (non-hydrogen) atoms. The van der Waals surface area contributed by atoms with Gasteiger partial charge in [-0.25, -0.2) is 0 Å². The van der Waals surface area contributed by atoms with Gasteiger partial charge in [0.25, 0.3) is 0 Å². The summed E-state index contributed by atoms with van der Waals surface area (Å²) < 4.78 is 11.0. The van der Waals surface area contributed by atoms with E-state index in [2.05, 4.69) is 46.2 Å². The van der Waals surface area contributed by atoms with Crippen LogP contribution in [-0.2, 0) is 0 Å². The highest BCUT2D eigenvalue weighted by Gasteiger charge is 2.17. The van der Waals surface area contributed by atoms with Crippen molar-refractivity contribution in [1.29, 1.82) is 0 Å². The number of halogens is 2. The van der Waals surface area contributed by atoms with Crippen molar-refractivity contribution < 1.29 is 9.47 Å². The van der Waals surface area contributed by atoms with E-state index in [9.17, 15) is 0 Å². The molecule has 0 unspecified atom stereocenters. The maximum absolute atomic E-state index is 6.20. The third kappa shape index (κ3) is 5.57. The lowest BCUT2D eigenvalue weighted by Gasteiger charge is -2.28. The Balaban J connectivity index is 1.59. The molecule has 0 fully saturated rings. The summed E-state index contributed by atoms with van der Waals surface area (Å²) in [6.45, 7) is 0. The van der Waals surface area contributed by atoms with Crippen LogP contribution in [0, 0.1) is 0 Å². The summed E-state index contributed by atoms with van der Waals surface area (Å²) in [4.78, 5) is 4.33. The van der Waals surface area contributed by atoms with Crippen molar-refractivity contribution in [3.05, 3.63) is 131 Å². The second-order valence-corrected chi connectivity index (χ2v) is 9.42. The fourth-order valence-electron chi connectivity index (χ4n) is 4.32. The molecular weight excluding hydrogens is 515 g/mol. The quantitative estimate of drug-likeness (QED) is 0.195. The molecule has 0 amide bonds. The van der Waals surface area contributed by atoms with Crippen LogP contribution in [0.5, 0.6) is 11.5 Å². The zero-order chi connectivity index (χ0) is 26.5. The van der Waals surface area contributed by atoms with Crippen molar-refractivity contribution in [2.45, 2.75) is 0 Å². The van der Waals surface area contributed by atoms with Crippen LogP contribution in [0.25, 0.3) is 0 Å². The summed E-state index contributed by atoms with van der Waals surface area (Å²) >= 11 is 12.4. The van der Waals surface area contributed by atoms with Crippen LogP contribution >= 0.6 is 23.2 Å². The largest absolute Gasteiger partial charge is 0.497 e. The summed E-state index contributed by atoms with van der Waals surface area (Å²) in [5.74, 6) is 1.56. The highest BCUT2D eigenvalue weighted by molar-refractivity contribution is 6.31. The Labute approximate surface area is 233 Å². The molecule has 0 aliphatic heterocycles. The van der Waals surface area contributed by atoms with Gasteiger partial charge >= 0.3 is 0 Å². The lowest BCUT2D eigenvalue weighted by molar-refractivity contribution is 0.415. The summed E-state index contributed by atoms with van der Waals surface area (Å²) in [7, 11) is 3.34. The van der Waals surface area contributed by atoms with E-state index in [4.69, 9.17) is 32.7 Å². The van der Waals surface area contributed by atoms with E-state index in [1.807, 2.05) is 84.9 Å². The van der Waals surface area contributed by atoms with Crippen LogP contribution in [0.4, 0.5) is 34.1 Å². The van der Waals surface area contributed by atoms with Gasteiger partial charge in [0.15, 0.2) is 0 Å². The van der Waals surface area contributed by atoms with Gasteiger partial charge in [-0.05, 0) is 97.1 Å². The molecule has 0 saturated heterocycles. The molecule has 0 aliphatic rings. The molecule has 6 heteroatoms. The molecule has 0 bridgehead atoms. The van der Waals surface area contributed by atoms with E-state index in [0.29, 0.717) is 10.0 Å². The van der Waals surface area contributed by atoms with Crippen molar-refractivity contribution in [1.82, 2.24) is 0 Å². The zero-order valence-corrected chi connectivity index (χ0v) is 22.5. The van der Waals surface area contributed by atoms with Gasteiger partial charge in [0.1, 0.15) is 11.5 Å². The predicted octanol–water partition coefficient (Wildman–Crippen LogP) is 9.95. The molecule has 5 rings (SSSR count). The molecule has 0 atom stereocenters. The molecule has 0 aliphatic carbocycles. The van der Waals surface area contributed by atoms with E-state index < -0.39 is 0 Å². The summed E-state index contributed by atoms with van der Waals surface area (Å²) in [6, 6.07) is 40.0. The highest BCUT2D eigenvalue weighted by atomic mass is 35.5. The molecule has 5 aromatic carbocycles. The van der Waals surface area contributed by atoms with E-state index in [1.54, 1.807) is 14.2 Å². The lowest BCUT2D eigenvalue weighted by Crippen LogP contribution is -2.12. The monoisotopic (exact) mass is 540 g/mol. The van der Waals surface area contributed by atoms with Crippen LogP contribution in [0.15, 0.2) is 121 Å². The number of ether oxygens (including phenoxy) is 2. The maximum atomic E-state index is 6.20. The average Bonchev–Trinajstić information content (AvgIpc) is 2.96. The van der Waals surface area contributed by atoms with E-state index >= 15 is 0 Å². The first-order valence-corrected chi connectivity index (χ1v) is 12.8. The van der Waals surface area contributed by atoms with Gasteiger partial charge in [-0.1, -0.05) is 35.3 Å². The van der Waals surface area contributed by atoms with Crippen LogP contribution in [0.2, 0.25) is 10.0 Å². The van der Waals surface area contributed by atoms with Gasteiger partial charge < -0.3 is 19.3 Å². The number of methoxy groups -OCH3 is 2. The smallest absolute Gasteiger partial charge is 0.120 e. The molecule has 4 nitrogen and oxygen atoms in total. The van der Waals surface area contributed by atoms with Gasteiger partial charge in [0.2, 0.25) is 0 Å². The second kappa shape index (κ2) is 11.5. The van der Waals surface area contributed by atoms with E-state index in [1.165, 1.54) is 0 Å². The standard InChI is InChI=1S/C32H26Cl2N2O2/c1-37-31-7-3-5-29(21-31)35(25-13-9-23(33)10-14-25)27-17-19-28(20-18-27)36(26-15-11-24(34)12-16-26)30-6-4-8-32(22-30)38-2/h3-22H,1-2H3. The molecule has 0 spiro atoms. The van der Waals surface area contributed by atoms with Gasteiger partial charge in [-0.2, -0.15) is 0 Å². The Morgan fingerprint density at radius 1 is 0.421 bits per heavy atom. The fourth-order valence-corrected chi connectivity index (χ4v) is 4.58. The highest BCUT2D eigenvalue weighted by Crippen LogP contribution is 2.40. The van der Waals surface area contributed by atoms with Crippen molar-refractivity contribution in [2.24, 2.45) is 0 Å². The molecule has 0 radical (unpaired) electrons. The molecule has 0 aromatic heterocycles. The number of hydrogen-bond acceptors (Lipinski definition) is 4. The van der Waals surface area contributed by atoms with Gasteiger partial charge in [0.05, 0.1) is 14.2 Å². The van der Waals surface area contributed by atoms with Crippen molar-refractivity contribution >= 4 is 57.3 Å². The van der Waals surface area contributed by atoms with Gasteiger partial charge in [-0.3, -0.25) is 0 Å². The van der Waals surface area contributed by atoms with Crippen molar-refractivity contribution in [3.63, 3.8) is 0 Å². The van der Waals surface area contributed by atoms with Crippen LogP contribution < -0.4 is 19.3 Å². The third-order valence-corrected chi connectivity index (χ3v) is 6.66. The number of nitrogens with zero attached hydrogens (tertiary/aromatic N) is 2. The lowest BCUT2D eigenvalue weighted by atomic mass is 10.1. The van der Waals surface area contributed by atoms with E-state index in [-0.39, 0.29) is 0 Å². The Morgan fingerprint density at radius 2 is 0.737 bits per heavy atom. The molecule has 190 valence electrons. The second-order valence-electron chi connectivity index (χ2n) is 8.54. The Morgan fingerprint density at radius 3 is 1.05 bits per heavy atom. The fraction of sp³-hybridized carbons (Fsp3) is 0.0625. The molecule has 0 N–H and O–H groups in total.